The van der Waals surface area contributed by atoms with Gasteiger partial charge in [-0.3, -0.25) is 4.79 Å². The lowest BCUT2D eigenvalue weighted by molar-refractivity contribution is 0.101. The van der Waals surface area contributed by atoms with E-state index in [1.807, 2.05) is 30.0 Å². The Morgan fingerprint density at radius 3 is 2.92 bits per heavy atom. The first kappa shape index (κ1) is 9.99. The zero-order valence-electron chi connectivity index (χ0n) is 8.12. The number of carbonyl (C=O) groups is 1. The first-order chi connectivity index (χ1) is 6.24. The normalized spacial score (nSPS) is 10.3. The highest BCUT2D eigenvalue weighted by atomic mass is 16.5. The van der Waals surface area contributed by atoms with Gasteiger partial charge in [-0.15, -0.1) is 0 Å². The van der Waals surface area contributed by atoms with E-state index in [0.717, 1.165) is 18.7 Å². The molecule has 0 atom stereocenters. The average Bonchev–Trinajstić information content (AvgIpc) is 2.53. The fourth-order valence-electron chi connectivity index (χ4n) is 1.10. The summed E-state index contributed by atoms with van der Waals surface area (Å²) in [7, 11) is 0. The summed E-state index contributed by atoms with van der Waals surface area (Å²) in [6.45, 7) is 5.78. The van der Waals surface area contributed by atoms with Gasteiger partial charge in [-0.2, -0.15) is 0 Å². The summed E-state index contributed by atoms with van der Waals surface area (Å²) in [5, 5.41) is 0. The Bertz CT molecular complexity index is 278. The van der Waals surface area contributed by atoms with Gasteiger partial charge in [0.05, 0.1) is 6.61 Å². The minimum Gasteiger partial charge on any atom is -0.380 e. The van der Waals surface area contributed by atoms with Crippen LogP contribution < -0.4 is 0 Å². The zero-order chi connectivity index (χ0) is 9.68. The van der Waals surface area contributed by atoms with Crippen molar-refractivity contribution in [2.75, 3.05) is 13.2 Å². The topological polar surface area (TPSA) is 31.2 Å². The highest BCUT2D eigenvalue weighted by Crippen LogP contribution is 2.01. The van der Waals surface area contributed by atoms with Gasteiger partial charge in [0.1, 0.15) is 0 Å². The van der Waals surface area contributed by atoms with Crippen molar-refractivity contribution in [1.82, 2.24) is 4.57 Å². The largest absolute Gasteiger partial charge is 0.380 e. The fourth-order valence-corrected chi connectivity index (χ4v) is 1.10. The lowest BCUT2D eigenvalue weighted by atomic mass is 10.2. The van der Waals surface area contributed by atoms with Crippen LogP contribution in [-0.2, 0) is 11.3 Å². The average molecular weight is 181 g/mol. The van der Waals surface area contributed by atoms with Crippen molar-refractivity contribution in [3.63, 3.8) is 0 Å². The smallest absolute Gasteiger partial charge is 0.161 e. The monoisotopic (exact) mass is 181 g/mol. The molecular weight excluding hydrogens is 166 g/mol. The number of hydrogen-bond donors (Lipinski definition) is 0. The molecule has 0 N–H and O–H groups in total. The van der Waals surface area contributed by atoms with Gasteiger partial charge in [0.25, 0.3) is 0 Å². The summed E-state index contributed by atoms with van der Waals surface area (Å²) in [5.41, 5.74) is 0.761. The number of ketones is 1. The predicted octanol–water partition coefficient (Wildman–Crippen LogP) is 1.73. The van der Waals surface area contributed by atoms with E-state index in [0.29, 0.717) is 6.61 Å². The van der Waals surface area contributed by atoms with E-state index in [1.165, 1.54) is 0 Å². The second kappa shape index (κ2) is 4.82. The van der Waals surface area contributed by atoms with Crippen molar-refractivity contribution in [3.8, 4) is 0 Å². The zero-order valence-corrected chi connectivity index (χ0v) is 8.12. The Hall–Kier alpha value is -1.09. The molecule has 13 heavy (non-hydrogen) atoms. The molecule has 1 rings (SSSR count). The molecule has 72 valence electrons. The van der Waals surface area contributed by atoms with Gasteiger partial charge in [0.2, 0.25) is 0 Å². The Morgan fingerprint density at radius 2 is 2.38 bits per heavy atom. The van der Waals surface area contributed by atoms with Crippen LogP contribution in [0.15, 0.2) is 18.5 Å². The van der Waals surface area contributed by atoms with Crippen LogP contribution in [0.2, 0.25) is 0 Å². The molecule has 0 unspecified atom stereocenters. The van der Waals surface area contributed by atoms with Gasteiger partial charge in [-0.05, 0) is 19.9 Å². The Morgan fingerprint density at radius 1 is 1.62 bits per heavy atom. The van der Waals surface area contributed by atoms with Gasteiger partial charge >= 0.3 is 0 Å². The standard InChI is InChI=1S/C10H15NO2/c1-3-13-7-6-11-5-4-10(8-11)9(2)12/h4-5,8H,3,6-7H2,1-2H3. The number of Topliss-reactive ketones (excluding diaryl/α,β-unsaturated/α-hetero) is 1. The Labute approximate surface area is 78.3 Å². The van der Waals surface area contributed by atoms with Gasteiger partial charge < -0.3 is 9.30 Å². The van der Waals surface area contributed by atoms with Crippen LogP contribution in [0.25, 0.3) is 0 Å². The molecule has 1 aromatic heterocycles. The summed E-state index contributed by atoms with van der Waals surface area (Å²) in [5.74, 6) is 0.107. The van der Waals surface area contributed by atoms with Crippen molar-refractivity contribution in [2.45, 2.75) is 20.4 Å². The second-order valence-corrected chi connectivity index (χ2v) is 2.89. The number of nitrogens with zero attached hydrogens (tertiary/aromatic N) is 1. The van der Waals surface area contributed by atoms with Crippen LogP contribution >= 0.6 is 0 Å². The van der Waals surface area contributed by atoms with Crippen LogP contribution in [0.4, 0.5) is 0 Å². The molecule has 0 aromatic carbocycles. The summed E-state index contributed by atoms with van der Waals surface area (Å²) in [6.07, 6.45) is 3.75. The van der Waals surface area contributed by atoms with Crippen LogP contribution in [0.5, 0.6) is 0 Å². The van der Waals surface area contributed by atoms with E-state index in [2.05, 4.69) is 0 Å². The molecule has 1 heterocycles. The number of ether oxygens (including phenoxy) is 1. The second-order valence-electron chi connectivity index (χ2n) is 2.89. The Balaban J connectivity index is 2.44. The molecule has 0 radical (unpaired) electrons. The van der Waals surface area contributed by atoms with Crippen LogP contribution in [0.3, 0.4) is 0 Å². The number of hydrogen-bond acceptors (Lipinski definition) is 2. The SMILES string of the molecule is CCOCCn1ccc(C(C)=O)c1. The van der Waals surface area contributed by atoms with E-state index >= 15 is 0 Å². The van der Waals surface area contributed by atoms with Crippen molar-refractivity contribution >= 4 is 5.78 Å². The van der Waals surface area contributed by atoms with E-state index in [4.69, 9.17) is 4.74 Å². The van der Waals surface area contributed by atoms with Crippen molar-refractivity contribution < 1.29 is 9.53 Å². The number of carbonyl (C=O) groups excluding carboxylic acids is 1. The molecule has 0 bridgehead atoms. The van der Waals surface area contributed by atoms with Crippen LogP contribution in [0, 0.1) is 0 Å². The molecule has 0 spiro atoms. The van der Waals surface area contributed by atoms with Gasteiger partial charge in [0, 0.05) is 31.1 Å². The fraction of sp³-hybridized carbons (Fsp3) is 0.500. The molecule has 0 aliphatic carbocycles. The lowest BCUT2D eigenvalue weighted by Gasteiger charge is -2.01. The quantitative estimate of drug-likeness (QED) is 0.511. The van der Waals surface area contributed by atoms with Crippen molar-refractivity contribution in [1.29, 1.82) is 0 Å². The third kappa shape index (κ3) is 3.03. The first-order valence-corrected chi connectivity index (χ1v) is 4.48. The van der Waals surface area contributed by atoms with E-state index in [1.54, 1.807) is 6.92 Å². The lowest BCUT2D eigenvalue weighted by Crippen LogP contribution is -2.03. The van der Waals surface area contributed by atoms with Gasteiger partial charge in [-0.1, -0.05) is 0 Å². The molecule has 0 amide bonds. The van der Waals surface area contributed by atoms with E-state index < -0.39 is 0 Å². The maximum atomic E-state index is 10.9. The first-order valence-electron chi connectivity index (χ1n) is 4.48. The maximum Gasteiger partial charge on any atom is 0.161 e. The minimum atomic E-state index is 0.107. The highest BCUT2D eigenvalue weighted by Gasteiger charge is 2.00. The summed E-state index contributed by atoms with van der Waals surface area (Å²) < 4.78 is 7.17. The van der Waals surface area contributed by atoms with Crippen LogP contribution in [-0.4, -0.2) is 23.6 Å². The molecule has 3 heteroatoms. The number of aromatic nitrogens is 1. The molecule has 0 fully saturated rings. The molecule has 0 saturated heterocycles. The molecule has 0 aliphatic rings. The number of rotatable bonds is 5. The summed E-state index contributed by atoms with van der Waals surface area (Å²) >= 11 is 0. The van der Waals surface area contributed by atoms with Gasteiger partial charge in [0.15, 0.2) is 5.78 Å². The third-order valence-corrected chi connectivity index (χ3v) is 1.85. The van der Waals surface area contributed by atoms with Crippen LogP contribution in [0.1, 0.15) is 24.2 Å². The maximum absolute atomic E-state index is 10.9. The third-order valence-electron chi connectivity index (χ3n) is 1.85. The van der Waals surface area contributed by atoms with Gasteiger partial charge in [-0.25, -0.2) is 0 Å². The van der Waals surface area contributed by atoms with E-state index in [9.17, 15) is 4.79 Å². The van der Waals surface area contributed by atoms with Crippen molar-refractivity contribution in [3.05, 3.63) is 24.0 Å². The highest BCUT2D eigenvalue weighted by molar-refractivity contribution is 5.93. The summed E-state index contributed by atoms with van der Waals surface area (Å²) in [4.78, 5) is 10.9. The predicted molar refractivity (Wildman–Crippen MR) is 50.9 cm³/mol. The van der Waals surface area contributed by atoms with E-state index in [-0.39, 0.29) is 5.78 Å². The molecule has 1 aromatic rings. The summed E-state index contributed by atoms with van der Waals surface area (Å²) in [6, 6.07) is 1.83. The molecule has 0 saturated carbocycles. The molecule has 0 aliphatic heterocycles. The Kier molecular flexibility index (Phi) is 3.71. The molecular formula is C10H15NO2. The molecule has 3 nitrogen and oxygen atoms in total. The van der Waals surface area contributed by atoms with Crippen molar-refractivity contribution in [2.24, 2.45) is 0 Å². The minimum absolute atomic E-state index is 0.107.